The summed E-state index contributed by atoms with van der Waals surface area (Å²) in [6.45, 7) is 11.0. The van der Waals surface area contributed by atoms with Gasteiger partial charge in [-0.05, 0) is 19.0 Å². The molecule has 1 N–H and O–H groups in total. The van der Waals surface area contributed by atoms with E-state index in [9.17, 15) is 0 Å². The summed E-state index contributed by atoms with van der Waals surface area (Å²) in [4.78, 5) is 0. The summed E-state index contributed by atoms with van der Waals surface area (Å²) in [7, 11) is 1.67. The van der Waals surface area contributed by atoms with Crippen LogP contribution in [0.3, 0.4) is 0 Å². The number of nitrogens with one attached hydrogen (secondary N) is 1. The first kappa shape index (κ1) is 12.6. The molecule has 0 rings (SSSR count). The van der Waals surface area contributed by atoms with Crippen molar-refractivity contribution < 1.29 is 9.47 Å². The molecule has 0 saturated carbocycles. The summed E-state index contributed by atoms with van der Waals surface area (Å²) in [5.74, 6) is 0. The third-order valence-electron chi connectivity index (χ3n) is 1.60. The predicted octanol–water partition coefficient (Wildman–Crippen LogP) is 1.20. The van der Waals surface area contributed by atoms with Gasteiger partial charge in [-0.25, -0.2) is 0 Å². The Labute approximate surface area is 81.1 Å². The highest BCUT2D eigenvalue weighted by Crippen LogP contribution is 1.96. The van der Waals surface area contributed by atoms with Crippen molar-refractivity contribution in [1.29, 1.82) is 0 Å². The summed E-state index contributed by atoms with van der Waals surface area (Å²) in [6, 6.07) is 0. The van der Waals surface area contributed by atoms with Crippen molar-refractivity contribution >= 4 is 0 Å². The van der Waals surface area contributed by atoms with Crippen molar-refractivity contribution in [1.82, 2.24) is 5.32 Å². The third-order valence-corrected chi connectivity index (χ3v) is 1.60. The maximum atomic E-state index is 5.48. The highest BCUT2D eigenvalue weighted by molar-refractivity contribution is 4.96. The molecule has 1 unspecified atom stereocenters. The second kappa shape index (κ2) is 8.23. The molecule has 0 aromatic carbocycles. The lowest BCUT2D eigenvalue weighted by Gasteiger charge is -2.13. The first-order valence-corrected chi connectivity index (χ1v) is 4.68. The Kier molecular flexibility index (Phi) is 7.99. The maximum absolute atomic E-state index is 5.48. The molecule has 0 radical (unpaired) electrons. The van der Waals surface area contributed by atoms with Gasteiger partial charge in [-0.2, -0.15) is 0 Å². The van der Waals surface area contributed by atoms with Crippen LogP contribution in [-0.4, -0.2) is 39.5 Å². The minimum absolute atomic E-state index is 0.142. The molecule has 13 heavy (non-hydrogen) atoms. The second-order valence-electron chi connectivity index (χ2n) is 3.11. The topological polar surface area (TPSA) is 30.5 Å². The number of rotatable bonds is 8. The Balaban J connectivity index is 3.34. The Hall–Kier alpha value is -0.380. The molecule has 1 atom stereocenters. The smallest absolute Gasteiger partial charge is 0.0784 e. The van der Waals surface area contributed by atoms with Gasteiger partial charge in [0.2, 0.25) is 0 Å². The lowest BCUT2D eigenvalue weighted by atomic mass is 10.3. The quantitative estimate of drug-likeness (QED) is 0.579. The molecular weight excluding hydrogens is 166 g/mol. The fraction of sp³-hybridized carbons (Fsp3) is 0.800. The summed E-state index contributed by atoms with van der Waals surface area (Å²) in [5.41, 5.74) is 1.07. The Morgan fingerprint density at radius 2 is 2.23 bits per heavy atom. The largest absolute Gasteiger partial charge is 0.382 e. The average molecular weight is 187 g/mol. The lowest BCUT2D eigenvalue weighted by Crippen LogP contribution is -2.21. The first-order valence-electron chi connectivity index (χ1n) is 4.68. The van der Waals surface area contributed by atoms with E-state index < -0.39 is 0 Å². The molecule has 0 aliphatic heterocycles. The number of methoxy groups -OCH3 is 1. The van der Waals surface area contributed by atoms with Crippen LogP contribution in [0, 0.1) is 0 Å². The van der Waals surface area contributed by atoms with Gasteiger partial charge in [0.05, 0.1) is 19.3 Å². The lowest BCUT2D eigenvalue weighted by molar-refractivity contribution is 0.0195. The van der Waals surface area contributed by atoms with Crippen molar-refractivity contribution in [3.63, 3.8) is 0 Å². The minimum Gasteiger partial charge on any atom is -0.382 e. The zero-order valence-electron chi connectivity index (χ0n) is 8.93. The average Bonchev–Trinajstić information content (AvgIpc) is 2.12. The molecule has 0 aromatic rings. The summed E-state index contributed by atoms with van der Waals surface area (Å²) >= 11 is 0. The summed E-state index contributed by atoms with van der Waals surface area (Å²) < 4.78 is 10.4. The van der Waals surface area contributed by atoms with E-state index in [0.717, 1.165) is 18.7 Å². The Morgan fingerprint density at radius 1 is 1.54 bits per heavy atom. The molecule has 0 heterocycles. The number of likely N-dealkylation sites (N-methyl/N-ethyl adjacent to an activating group) is 1. The Bertz CT molecular complexity index is 137. The normalized spacial score (nSPS) is 12.8. The molecule has 0 bridgehead atoms. The molecule has 0 aromatic heterocycles. The number of hydrogen-bond acceptors (Lipinski definition) is 3. The Morgan fingerprint density at radius 3 is 2.77 bits per heavy atom. The van der Waals surface area contributed by atoms with Crippen LogP contribution in [0.1, 0.15) is 13.8 Å². The fourth-order valence-electron chi connectivity index (χ4n) is 0.896. The molecule has 3 nitrogen and oxygen atoms in total. The zero-order chi connectivity index (χ0) is 10.1. The van der Waals surface area contributed by atoms with Crippen LogP contribution < -0.4 is 5.32 Å². The van der Waals surface area contributed by atoms with Gasteiger partial charge in [-0.3, -0.25) is 0 Å². The van der Waals surface area contributed by atoms with Gasteiger partial charge < -0.3 is 14.8 Å². The third kappa shape index (κ3) is 7.96. The second-order valence-corrected chi connectivity index (χ2v) is 3.11. The molecule has 0 fully saturated rings. The minimum atomic E-state index is 0.142. The predicted molar refractivity (Wildman–Crippen MR) is 55.0 cm³/mol. The van der Waals surface area contributed by atoms with Crippen LogP contribution >= 0.6 is 0 Å². The van der Waals surface area contributed by atoms with Crippen LogP contribution in [0.2, 0.25) is 0 Å². The first-order chi connectivity index (χ1) is 6.20. The number of hydrogen-bond donors (Lipinski definition) is 1. The van der Waals surface area contributed by atoms with E-state index in [2.05, 4.69) is 18.8 Å². The molecule has 0 aliphatic carbocycles. The van der Waals surface area contributed by atoms with Gasteiger partial charge in [0.1, 0.15) is 0 Å². The highest BCUT2D eigenvalue weighted by Gasteiger charge is 2.01. The van der Waals surface area contributed by atoms with E-state index in [1.165, 1.54) is 0 Å². The van der Waals surface area contributed by atoms with Crippen molar-refractivity contribution in [2.45, 2.75) is 20.0 Å². The van der Waals surface area contributed by atoms with E-state index in [4.69, 9.17) is 9.47 Å². The van der Waals surface area contributed by atoms with E-state index in [1.807, 2.05) is 6.92 Å². The van der Waals surface area contributed by atoms with Crippen molar-refractivity contribution in [3.05, 3.63) is 12.2 Å². The molecule has 78 valence electrons. The van der Waals surface area contributed by atoms with Gasteiger partial charge >= 0.3 is 0 Å². The van der Waals surface area contributed by atoms with Crippen LogP contribution in [-0.2, 0) is 9.47 Å². The zero-order valence-corrected chi connectivity index (χ0v) is 8.93. The van der Waals surface area contributed by atoms with Gasteiger partial charge in [-0.1, -0.05) is 13.5 Å². The van der Waals surface area contributed by atoms with Gasteiger partial charge in [0, 0.05) is 13.7 Å². The molecule has 0 amide bonds. The molecule has 0 spiro atoms. The summed E-state index contributed by atoms with van der Waals surface area (Å²) in [5, 5.41) is 3.19. The molecule has 0 saturated heterocycles. The van der Waals surface area contributed by atoms with Crippen LogP contribution in [0.4, 0.5) is 0 Å². The van der Waals surface area contributed by atoms with Gasteiger partial charge in [0.25, 0.3) is 0 Å². The maximum Gasteiger partial charge on any atom is 0.0784 e. The molecule has 0 aliphatic rings. The van der Waals surface area contributed by atoms with Gasteiger partial charge in [-0.15, -0.1) is 0 Å². The van der Waals surface area contributed by atoms with E-state index >= 15 is 0 Å². The van der Waals surface area contributed by atoms with Crippen molar-refractivity contribution in [2.75, 3.05) is 33.4 Å². The summed E-state index contributed by atoms with van der Waals surface area (Å²) in [6.07, 6.45) is 0.142. The van der Waals surface area contributed by atoms with Gasteiger partial charge in [0.15, 0.2) is 0 Å². The monoisotopic (exact) mass is 187 g/mol. The van der Waals surface area contributed by atoms with Crippen molar-refractivity contribution in [3.8, 4) is 0 Å². The standard InChI is InChI=1S/C10H21NO2/c1-5-11-6-9(2)7-13-10(3)8-12-4/h10-11H,2,5-8H2,1,3-4H3. The SMILES string of the molecule is C=C(CNCC)COC(C)COC. The van der Waals surface area contributed by atoms with Crippen LogP contribution in [0.15, 0.2) is 12.2 Å². The van der Waals surface area contributed by atoms with Crippen LogP contribution in [0.25, 0.3) is 0 Å². The number of ether oxygens (including phenoxy) is 2. The highest BCUT2D eigenvalue weighted by atomic mass is 16.5. The molecular formula is C10H21NO2. The van der Waals surface area contributed by atoms with Crippen LogP contribution in [0.5, 0.6) is 0 Å². The molecule has 3 heteroatoms. The van der Waals surface area contributed by atoms with E-state index in [1.54, 1.807) is 7.11 Å². The van der Waals surface area contributed by atoms with E-state index in [-0.39, 0.29) is 6.10 Å². The van der Waals surface area contributed by atoms with E-state index in [0.29, 0.717) is 13.2 Å². The van der Waals surface area contributed by atoms with Crippen molar-refractivity contribution in [2.24, 2.45) is 0 Å². The fourth-order valence-corrected chi connectivity index (χ4v) is 0.896.